The summed E-state index contributed by atoms with van der Waals surface area (Å²) in [5, 5.41) is 25.1. The van der Waals surface area contributed by atoms with Gasteiger partial charge in [0.15, 0.2) is 0 Å². The van der Waals surface area contributed by atoms with Gasteiger partial charge in [-0.3, -0.25) is 0 Å². The molecule has 63 heavy (non-hydrogen) atoms. The minimum Gasteiger partial charge on any atom is -0.309 e. The van der Waals surface area contributed by atoms with Crippen LogP contribution in [0.5, 0.6) is 0 Å². The van der Waals surface area contributed by atoms with Gasteiger partial charge < -0.3 is 9.13 Å². The van der Waals surface area contributed by atoms with Crippen molar-refractivity contribution < 1.29 is 0 Å². The summed E-state index contributed by atoms with van der Waals surface area (Å²) >= 11 is 1.71. The first-order valence-corrected chi connectivity index (χ1v) is 21.6. The van der Waals surface area contributed by atoms with Gasteiger partial charge in [-0.15, -0.1) is 11.3 Å². The third kappa shape index (κ3) is 6.09. The predicted octanol–water partition coefficient (Wildman–Crippen LogP) is 14.9. The van der Waals surface area contributed by atoms with Crippen molar-refractivity contribution in [2.24, 2.45) is 0 Å². The summed E-state index contributed by atoms with van der Waals surface area (Å²) in [5.74, 6) is 0. The van der Waals surface area contributed by atoms with E-state index >= 15 is 0 Å². The third-order valence-electron chi connectivity index (χ3n) is 12.2. The summed E-state index contributed by atoms with van der Waals surface area (Å²) in [6, 6.07) is 74.7. The summed E-state index contributed by atoms with van der Waals surface area (Å²) in [6.07, 6.45) is 0. The number of nitrogens with zero attached hydrogens (tertiary/aromatic N) is 5. The highest BCUT2D eigenvalue weighted by atomic mass is 32.1. The Morgan fingerprint density at radius 1 is 0.365 bits per heavy atom. The molecular formula is C57H33N5S. The van der Waals surface area contributed by atoms with Gasteiger partial charge in [0.25, 0.3) is 0 Å². The highest BCUT2D eigenvalue weighted by Crippen LogP contribution is 2.41. The van der Waals surface area contributed by atoms with E-state index in [1.165, 1.54) is 4.70 Å². The number of hydrogen-bond donors (Lipinski definition) is 0. The number of rotatable bonds is 6. The average Bonchev–Trinajstić information content (AvgIpc) is 4.04. The molecule has 0 bridgehead atoms. The van der Waals surface area contributed by atoms with Crippen LogP contribution in [-0.4, -0.2) is 14.1 Å². The van der Waals surface area contributed by atoms with E-state index in [0.717, 1.165) is 104 Å². The minimum atomic E-state index is 0.629. The van der Waals surface area contributed by atoms with Crippen molar-refractivity contribution in [1.82, 2.24) is 14.1 Å². The first-order valence-electron chi connectivity index (χ1n) is 20.8. The predicted molar refractivity (Wildman–Crippen MR) is 259 cm³/mol. The first-order chi connectivity index (χ1) is 31.1. The zero-order valence-corrected chi connectivity index (χ0v) is 34.5. The molecule has 0 unspecified atom stereocenters. The van der Waals surface area contributed by atoms with Crippen molar-refractivity contribution in [3.8, 4) is 67.5 Å². The molecule has 6 heteroatoms. The molecule has 0 aliphatic heterocycles. The molecule has 0 aliphatic carbocycles. The van der Waals surface area contributed by atoms with Crippen LogP contribution in [0.15, 0.2) is 200 Å². The largest absolute Gasteiger partial charge is 0.309 e. The van der Waals surface area contributed by atoms with E-state index in [1.807, 2.05) is 42.5 Å². The van der Waals surface area contributed by atoms with E-state index < -0.39 is 0 Å². The minimum absolute atomic E-state index is 0.629. The van der Waals surface area contributed by atoms with Gasteiger partial charge in [0.05, 0.1) is 55.5 Å². The lowest BCUT2D eigenvalue weighted by Crippen LogP contribution is -1.93. The van der Waals surface area contributed by atoms with Crippen LogP contribution < -0.4 is 0 Å². The lowest BCUT2D eigenvalue weighted by molar-refractivity contribution is 1.18. The lowest BCUT2D eigenvalue weighted by Gasteiger charge is -2.13. The summed E-state index contributed by atoms with van der Waals surface area (Å²) in [5.41, 5.74) is 16.3. The normalized spacial score (nSPS) is 11.5. The van der Waals surface area contributed by atoms with Gasteiger partial charge in [0, 0.05) is 38.5 Å². The van der Waals surface area contributed by atoms with Crippen LogP contribution in [0.4, 0.5) is 0 Å². The summed E-state index contributed by atoms with van der Waals surface area (Å²) < 4.78 is 5.74. The maximum absolute atomic E-state index is 9.95. The van der Waals surface area contributed by atoms with Crippen molar-refractivity contribution in [2.75, 3.05) is 0 Å². The van der Waals surface area contributed by atoms with E-state index in [9.17, 15) is 10.5 Å². The Hall–Kier alpha value is -8.55. The molecular weight excluding hydrogens is 787 g/mol. The Balaban J connectivity index is 1.06. The van der Waals surface area contributed by atoms with E-state index in [0.29, 0.717) is 11.1 Å². The maximum Gasteiger partial charge on any atom is 0.124 e. The molecule has 5 nitrogen and oxygen atoms in total. The van der Waals surface area contributed by atoms with Crippen molar-refractivity contribution >= 4 is 65.2 Å². The first kappa shape index (κ1) is 36.3. The van der Waals surface area contributed by atoms with Crippen LogP contribution >= 0.6 is 11.3 Å². The highest BCUT2D eigenvalue weighted by molar-refractivity contribution is 7.21. The van der Waals surface area contributed by atoms with Crippen LogP contribution in [-0.2, 0) is 0 Å². The number of thiazole rings is 1. The smallest absolute Gasteiger partial charge is 0.124 e. The number of fused-ring (bicyclic) bond motifs is 7. The monoisotopic (exact) mass is 819 g/mol. The SMILES string of the molecule is N#Cc1ccc2c(c1)c1cc(-c3cc(-c4ccc(-c5nc6ccccc6s5)cc4)cc(-c4ccc5c(c4)c4cc(C#N)ccc4n5-c4ccccc4)c3)ccc1n2-c1ccccc1. The summed E-state index contributed by atoms with van der Waals surface area (Å²) in [7, 11) is 0. The molecule has 0 aliphatic rings. The Morgan fingerprint density at radius 3 is 1.27 bits per heavy atom. The van der Waals surface area contributed by atoms with Gasteiger partial charge in [0.2, 0.25) is 0 Å². The van der Waals surface area contributed by atoms with Gasteiger partial charge in [-0.05, 0) is 149 Å². The Kier molecular flexibility index (Phi) is 8.40. The molecule has 9 aromatic carbocycles. The van der Waals surface area contributed by atoms with Gasteiger partial charge in [-0.25, -0.2) is 4.98 Å². The standard InChI is InChI=1S/C57H33N5S/c58-34-36-15-23-52-47(27-36)49-32-40(21-25-54(49)61(52)45-9-3-1-4-10-45)43-29-42(38-17-19-39(20-18-38)57-60-51-13-7-8-14-56(51)63-57)30-44(31-43)41-22-26-55-50(33-41)48-28-37(35-59)16-24-53(48)62(55)46-11-5-2-6-12-46/h1-33H. The number of benzene rings is 9. The van der Waals surface area contributed by atoms with E-state index in [1.54, 1.807) is 11.3 Å². The molecule has 12 rings (SSSR count). The summed E-state index contributed by atoms with van der Waals surface area (Å²) in [4.78, 5) is 4.93. The Morgan fingerprint density at radius 2 is 0.778 bits per heavy atom. The summed E-state index contributed by atoms with van der Waals surface area (Å²) in [6.45, 7) is 0. The van der Waals surface area contributed by atoms with E-state index in [-0.39, 0.29) is 0 Å². The average molecular weight is 820 g/mol. The quantitative estimate of drug-likeness (QED) is 0.168. The van der Waals surface area contributed by atoms with Crippen LogP contribution in [0, 0.1) is 22.7 Å². The molecule has 292 valence electrons. The second-order valence-electron chi connectivity index (χ2n) is 15.9. The Labute approximate surface area is 366 Å². The number of hydrogen-bond acceptors (Lipinski definition) is 4. The van der Waals surface area contributed by atoms with Crippen molar-refractivity contribution in [3.63, 3.8) is 0 Å². The molecule has 0 atom stereocenters. The number of aromatic nitrogens is 3. The highest BCUT2D eigenvalue weighted by Gasteiger charge is 2.18. The second kappa shape index (κ2) is 14.6. The molecule has 3 heterocycles. The van der Waals surface area contributed by atoms with Gasteiger partial charge in [-0.1, -0.05) is 84.9 Å². The van der Waals surface area contributed by atoms with Crippen LogP contribution in [0.3, 0.4) is 0 Å². The molecule has 0 amide bonds. The van der Waals surface area contributed by atoms with E-state index in [2.05, 4.69) is 179 Å². The molecule has 0 spiro atoms. The van der Waals surface area contributed by atoms with Gasteiger partial charge in [-0.2, -0.15) is 10.5 Å². The molecule has 0 N–H and O–H groups in total. The topological polar surface area (TPSA) is 70.3 Å². The molecule has 12 aromatic rings. The van der Waals surface area contributed by atoms with Crippen molar-refractivity contribution in [3.05, 3.63) is 211 Å². The Bertz CT molecular complexity index is 3630. The zero-order chi connectivity index (χ0) is 42.0. The second-order valence-corrected chi connectivity index (χ2v) is 16.9. The van der Waals surface area contributed by atoms with Crippen molar-refractivity contribution in [1.29, 1.82) is 10.5 Å². The zero-order valence-electron chi connectivity index (χ0n) is 33.7. The van der Waals surface area contributed by atoms with Crippen LogP contribution in [0.2, 0.25) is 0 Å². The number of para-hydroxylation sites is 3. The van der Waals surface area contributed by atoms with Crippen LogP contribution in [0.1, 0.15) is 11.1 Å². The van der Waals surface area contributed by atoms with Gasteiger partial charge >= 0.3 is 0 Å². The molecule has 0 saturated carbocycles. The van der Waals surface area contributed by atoms with Crippen molar-refractivity contribution in [2.45, 2.75) is 0 Å². The van der Waals surface area contributed by atoms with Crippen LogP contribution in [0.25, 0.3) is 109 Å². The maximum atomic E-state index is 9.95. The fraction of sp³-hybridized carbons (Fsp3) is 0. The fourth-order valence-corrected chi connectivity index (χ4v) is 10.2. The molecule has 0 radical (unpaired) electrons. The third-order valence-corrected chi connectivity index (χ3v) is 13.3. The van der Waals surface area contributed by atoms with E-state index in [4.69, 9.17) is 4.98 Å². The molecule has 0 fully saturated rings. The van der Waals surface area contributed by atoms with Gasteiger partial charge in [0.1, 0.15) is 5.01 Å². The number of nitriles is 2. The molecule has 3 aromatic heterocycles. The lowest BCUT2D eigenvalue weighted by atomic mass is 9.92. The molecule has 0 saturated heterocycles. The fourth-order valence-electron chi connectivity index (χ4n) is 9.18.